The number of carboxylic acid groups (broad SMARTS) is 1. The van der Waals surface area contributed by atoms with Crippen molar-refractivity contribution in [1.29, 1.82) is 0 Å². The number of aromatic nitrogens is 1. The minimum absolute atomic E-state index is 0.102. The second-order valence-corrected chi connectivity index (χ2v) is 9.89. The summed E-state index contributed by atoms with van der Waals surface area (Å²) in [5.74, 6) is -1.25. The van der Waals surface area contributed by atoms with E-state index in [-0.39, 0.29) is 24.5 Å². The van der Waals surface area contributed by atoms with Crippen LogP contribution in [0, 0.1) is 0 Å². The van der Waals surface area contributed by atoms with E-state index in [0.29, 0.717) is 0 Å². The molecule has 0 aliphatic heterocycles. The van der Waals surface area contributed by atoms with Gasteiger partial charge in [-0.15, -0.1) is 0 Å². The number of hydrogen-bond donors (Lipinski definition) is 3. The largest absolute Gasteiger partial charge is 0.480 e. The maximum atomic E-state index is 12.7. The Balaban J connectivity index is 1.11. The SMILES string of the molecule is O=C(N[C@@H](Cc1ccc(-c2ccc3ccc(=O)[nH]c3c2)cc1)C(=O)O)OCC1c2ccccc2-c2ccccc21. The fourth-order valence-corrected chi connectivity index (χ4v) is 5.38. The molecule has 1 amide bonds. The Bertz CT molecular complexity index is 1750. The normalized spacial score (nSPS) is 12.9. The molecule has 5 aromatic rings. The molecule has 0 unspecified atom stereocenters. The van der Waals surface area contributed by atoms with Gasteiger partial charge in [-0.3, -0.25) is 4.79 Å². The lowest BCUT2D eigenvalue weighted by molar-refractivity contribution is -0.139. The zero-order valence-corrected chi connectivity index (χ0v) is 21.5. The molecule has 0 saturated heterocycles. The summed E-state index contributed by atoms with van der Waals surface area (Å²) in [6, 6.07) is 31.5. The average Bonchev–Trinajstić information content (AvgIpc) is 3.29. The van der Waals surface area contributed by atoms with Crippen LogP contribution in [0.2, 0.25) is 0 Å². The van der Waals surface area contributed by atoms with Crippen LogP contribution >= 0.6 is 0 Å². The summed E-state index contributed by atoms with van der Waals surface area (Å²) >= 11 is 0. The Morgan fingerprint density at radius 1 is 0.825 bits per heavy atom. The number of aliphatic carboxylic acids is 1. The lowest BCUT2D eigenvalue weighted by Crippen LogP contribution is -2.42. The first-order chi connectivity index (χ1) is 19.5. The van der Waals surface area contributed by atoms with Crippen molar-refractivity contribution >= 4 is 23.0 Å². The van der Waals surface area contributed by atoms with Gasteiger partial charge in [-0.1, -0.05) is 84.9 Å². The van der Waals surface area contributed by atoms with Gasteiger partial charge in [0.15, 0.2) is 0 Å². The third-order valence-electron chi connectivity index (χ3n) is 7.39. The van der Waals surface area contributed by atoms with Gasteiger partial charge in [0.2, 0.25) is 5.56 Å². The number of hydrogen-bond acceptors (Lipinski definition) is 4. The topological polar surface area (TPSA) is 108 Å². The van der Waals surface area contributed by atoms with E-state index in [4.69, 9.17) is 4.74 Å². The quantitative estimate of drug-likeness (QED) is 0.249. The molecule has 1 heterocycles. The first kappa shape index (κ1) is 25.1. The second kappa shape index (κ2) is 10.5. The molecule has 7 nitrogen and oxygen atoms in total. The third-order valence-corrected chi connectivity index (χ3v) is 7.39. The Morgan fingerprint density at radius 3 is 2.12 bits per heavy atom. The second-order valence-electron chi connectivity index (χ2n) is 9.89. The van der Waals surface area contributed by atoms with Crippen LogP contribution in [0.3, 0.4) is 0 Å². The van der Waals surface area contributed by atoms with E-state index >= 15 is 0 Å². The summed E-state index contributed by atoms with van der Waals surface area (Å²) in [6.45, 7) is 0.109. The van der Waals surface area contributed by atoms with E-state index in [1.165, 1.54) is 6.07 Å². The van der Waals surface area contributed by atoms with Gasteiger partial charge < -0.3 is 20.1 Å². The van der Waals surface area contributed by atoms with E-state index in [1.807, 2.05) is 78.9 Å². The molecular formula is C33H26N2O5. The monoisotopic (exact) mass is 530 g/mol. The predicted octanol–water partition coefficient (Wildman–Crippen LogP) is 5.73. The van der Waals surface area contributed by atoms with E-state index in [9.17, 15) is 19.5 Å². The van der Waals surface area contributed by atoms with Gasteiger partial charge in [-0.05, 0) is 56.5 Å². The summed E-state index contributed by atoms with van der Waals surface area (Å²) in [7, 11) is 0. The number of rotatable bonds is 7. The van der Waals surface area contributed by atoms with Gasteiger partial charge in [0, 0.05) is 23.9 Å². The number of ether oxygens (including phenoxy) is 1. The molecule has 1 aliphatic carbocycles. The minimum Gasteiger partial charge on any atom is -0.480 e. The molecule has 1 aliphatic rings. The van der Waals surface area contributed by atoms with Crippen molar-refractivity contribution < 1.29 is 19.4 Å². The Kier molecular flexibility index (Phi) is 6.62. The maximum absolute atomic E-state index is 12.7. The van der Waals surface area contributed by atoms with Crippen LogP contribution in [0.4, 0.5) is 4.79 Å². The van der Waals surface area contributed by atoms with Gasteiger partial charge in [0.25, 0.3) is 0 Å². The zero-order chi connectivity index (χ0) is 27.6. The lowest BCUT2D eigenvalue weighted by atomic mass is 9.98. The average molecular weight is 531 g/mol. The molecule has 1 aromatic heterocycles. The molecule has 0 bridgehead atoms. The Morgan fingerprint density at radius 2 is 1.45 bits per heavy atom. The van der Waals surface area contributed by atoms with Gasteiger partial charge >= 0.3 is 12.1 Å². The van der Waals surface area contributed by atoms with E-state index < -0.39 is 18.1 Å². The van der Waals surface area contributed by atoms with E-state index in [2.05, 4.69) is 22.4 Å². The van der Waals surface area contributed by atoms with Crippen molar-refractivity contribution in [3.63, 3.8) is 0 Å². The fraction of sp³-hybridized carbons (Fsp3) is 0.121. The highest BCUT2D eigenvalue weighted by Gasteiger charge is 2.29. The highest BCUT2D eigenvalue weighted by Crippen LogP contribution is 2.44. The standard InChI is InChI=1S/C33H26N2O5/c36-31-16-15-22-13-14-23(18-29(22)34-31)21-11-9-20(10-12-21)17-30(32(37)38)35-33(39)40-19-28-26-7-3-1-5-24(26)25-6-2-4-8-27(25)28/h1-16,18,28,30H,17,19H2,(H,34,36)(H,35,39)(H,37,38)/t30-/m0/s1. The highest BCUT2D eigenvalue weighted by molar-refractivity contribution is 5.84. The smallest absolute Gasteiger partial charge is 0.407 e. The summed E-state index contributed by atoms with van der Waals surface area (Å²) < 4.78 is 5.54. The van der Waals surface area contributed by atoms with E-state index in [1.54, 1.807) is 6.07 Å². The van der Waals surface area contributed by atoms with Crippen molar-refractivity contribution in [1.82, 2.24) is 10.3 Å². The van der Waals surface area contributed by atoms with Crippen molar-refractivity contribution in [2.24, 2.45) is 0 Å². The predicted molar refractivity (Wildman–Crippen MR) is 153 cm³/mol. The van der Waals surface area contributed by atoms with Crippen LogP contribution in [0.5, 0.6) is 0 Å². The highest BCUT2D eigenvalue weighted by atomic mass is 16.5. The van der Waals surface area contributed by atoms with Crippen molar-refractivity contribution in [3.8, 4) is 22.3 Å². The fourth-order valence-electron chi connectivity index (χ4n) is 5.38. The van der Waals surface area contributed by atoms with Gasteiger partial charge in [0.1, 0.15) is 12.6 Å². The molecule has 198 valence electrons. The van der Waals surface area contributed by atoms with Gasteiger partial charge in [-0.2, -0.15) is 0 Å². The number of carboxylic acids is 1. The number of pyridine rings is 1. The van der Waals surface area contributed by atoms with Crippen LogP contribution in [0.1, 0.15) is 22.6 Å². The summed E-state index contributed by atoms with van der Waals surface area (Å²) in [5.41, 5.74) is 7.60. The number of alkyl carbamates (subject to hydrolysis) is 1. The number of benzene rings is 4. The molecule has 40 heavy (non-hydrogen) atoms. The molecule has 3 N–H and O–H groups in total. The van der Waals surface area contributed by atoms with Crippen molar-refractivity contribution in [2.75, 3.05) is 6.61 Å². The van der Waals surface area contributed by atoms with Crippen LogP contribution in [0.15, 0.2) is 108 Å². The third kappa shape index (κ3) is 4.97. The lowest BCUT2D eigenvalue weighted by Gasteiger charge is -2.17. The molecule has 1 atom stereocenters. The summed E-state index contributed by atoms with van der Waals surface area (Å²) in [5, 5.41) is 13.2. The number of amides is 1. The summed E-state index contributed by atoms with van der Waals surface area (Å²) in [4.78, 5) is 39.2. The van der Waals surface area contributed by atoms with Crippen LogP contribution < -0.4 is 10.9 Å². The molecular weight excluding hydrogens is 504 g/mol. The van der Waals surface area contributed by atoms with Crippen LogP contribution in [-0.2, 0) is 16.0 Å². The number of carbonyl (C=O) groups is 2. The molecule has 0 radical (unpaired) electrons. The number of fused-ring (bicyclic) bond motifs is 4. The van der Waals surface area contributed by atoms with Crippen molar-refractivity contribution in [3.05, 3.63) is 130 Å². The molecule has 0 saturated carbocycles. The first-order valence-electron chi connectivity index (χ1n) is 13.0. The molecule has 4 aromatic carbocycles. The van der Waals surface area contributed by atoms with Crippen molar-refractivity contribution in [2.45, 2.75) is 18.4 Å². The number of nitrogens with one attached hydrogen (secondary N) is 2. The number of H-pyrrole nitrogens is 1. The Labute approximate surface area is 230 Å². The molecule has 0 spiro atoms. The first-order valence-corrected chi connectivity index (χ1v) is 13.0. The maximum Gasteiger partial charge on any atom is 0.407 e. The van der Waals surface area contributed by atoms with Crippen LogP contribution in [-0.4, -0.2) is 34.8 Å². The number of carbonyl (C=O) groups excluding carboxylic acids is 1. The van der Waals surface area contributed by atoms with Crippen LogP contribution in [0.25, 0.3) is 33.2 Å². The molecule has 0 fully saturated rings. The Hall–Kier alpha value is -5.17. The molecule has 7 heteroatoms. The molecule has 6 rings (SSSR count). The zero-order valence-electron chi connectivity index (χ0n) is 21.5. The van der Waals surface area contributed by atoms with E-state index in [0.717, 1.165) is 49.8 Å². The van der Waals surface area contributed by atoms with Gasteiger partial charge in [0.05, 0.1) is 0 Å². The number of aromatic amines is 1. The summed E-state index contributed by atoms with van der Waals surface area (Å²) in [6.07, 6.45) is -0.666. The van der Waals surface area contributed by atoms with Gasteiger partial charge in [-0.25, -0.2) is 9.59 Å². The minimum atomic E-state index is -1.15.